The molecule has 0 atom stereocenters. The zero-order valence-corrected chi connectivity index (χ0v) is 10.7. The van der Waals surface area contributed by atoms with Crippen molar-refractivity contribution in [2.45, 2.75) is 5.92 Å². The van der Waals surface area contributed by atoms with Gasteiger partial charge in [-0.05, 0) is 35.4 Å². The Kier molecular flexibility index (Phi) is 3.72. The van der Waals surface area contributed by atoms with E-state index >= 15 is 0 Å². The van der Waals surface area contributed by atoms with Crippen molar-refractivity contribution in [2.24, 2.45) is 0 Å². The summed E-state index contributed by atoms with van der Waals surface area (Å²) in [6.07, 6.45) is 0. The van der Waals surface area contributed by atoms with Gasteiger partial charge in [0.2, 0.25) is 0 Å². The minimum Gasteiger partial charge on any atom is -0.477 e. The standard InChI is InChI=1S/C14H8ClF3O2/c15-12-6-3-9(8-1-4-10(16)5-2-8)7-11(12)14(17,18)13(19)20/h1-7H,(H,19,20). The Bertz CT molecular complexity index is 654. The van der Waals surface area contributed by atoms with Crippen molar-refractivity contribution in [1.82, 2.24) is 0 Å². The number of alkyl halides is 2. The van der Waals surface area contributed by atoms with Crippen LogP contribution in [0.2, 0.25) is 5.02 Å². The van der Waals surface area contributed by atoms with Crippen LogP contribution in [0.3, 0.4) is 0 Å². The predicted molar refractivity (Wildman–Crippen MR) is 68.4 cm³/mol. The van der Waals surface area contributed by atoms with Crippen LogP contribution >= 0.6 is 11.6 Å². The van der Waals surface area contributed by atoms with E-state index < -0.39 is 23.3 Å². The van der Waals surface area contributed by atoms with Gasteiger partial charge in [-0.1, -0.05) is 29.8 Å². The maximum Gasteiger partial charge on any atom is 0.379 e. The summed E-state index contributed by atoms with van der Waals surface area (Å²) in [6.45, 7) is 0. The fraction of sp³-hybridized carbons (Fsp3) is 0.0714. The fourth-order valence-electron chi connectivity index (χ4n) is 1.70. The van der Waals surface area contributed by atoms with Crippen molar-refractivity contribution in [3.63, 3.8) is 0 Å². The third-order valence-electron chi connectivity index (χ3n) is 2.75. The Labute approximate surface area is 117 Å². The van der Waals surface area contributed by atoms with Crippen molar-refractivity contribution < 1.29 is 23.1 Å². The van der Waals surface area contributed by atoms with E-state index in [-0.39, 0.29) is 5.02 Å². The minimum absolute atomic E-state index is 0.324. The number of benzene rings is 2. The molecule has 0 aromatic heterocycles. The molecular weight excluding hydrogens is 293 g/mol. The summed E-state index contributed by atoms with van der Waals surface area (Å²) >= 11 is 5.63. The lowest BCUT2D eigenvalue weighted by Crippen LogP contribution is -2.25. The lowest BCUT2D eigenvalue weighted by Gasteiger charge is -2.14. The molecule has 0 spiro atoms. The van der Waals surface area contributed by atoms with Crippen LogP contribution in [0, 0.1) is 5.82 Å². The third-order valence-corrected chi connectivity index (χ3v) is 3.08. The molecule has 0 fully saturated rings. The summed E-state index contributed by atoms with van der Waals surface area (Å²) in [5.74, 6) is -6.83. The molecule has 2 rings (SSSR count). The van der Waals surface area contributed by atoms with Crippen LogP contribution < -0.4 is 0 Å². The Balaban J connectivity index is 2.54. The second kappa shape index (κ2) is 5.17. The van der Waals surface area contributed by atoms with E-state index in [0.717, 1.165) is 6.07 Å². The molecule has 0 aliphatic rings. The molecule has 6 heteroatoms. The Morgan fingerprint density at radius 2 is 1.60 bits per heavy atom. The Morgan fingerprint density at radius 1 is 1.05 bits per heavy atom. The molecule has 2 aromatic carbocycles. The number of carboxylic acids is 1. The minimum atomic E-state index is -4.09. The van der Waals surface area contributed by atoms with Crippen LogP contribution in [0.25, 0.3) is 11.1 Å². The average Bonchev–Trinajstić information content (AvgIpc) is 2.40. The first kappa shape index (κ1) is 14.4. The highest BCUT2D eigenvalue weighted by atomic mass is 35.5. The number of carbonyl (C=O) groups is 1. The summed E-state index contributed by atoms with van der Waals surface area (Å²) in [6, 6.07) is 8.80. The molecule has 0 radical (unpaired) electrons. The van der Waals surface area contributed by atoms with Crippen molar-refractivity contribution in [3.05, 3.63) is 58.9 Å². The van der Waals surface area contributed by atoms with Crippen LogP contribution in [0.5, 0.6) is 0 Å². The molecule has 2 aromatic rings. The number of hydrogen-bond donors (Lipinski definition) is 1. The van der Waals surface area contributed by atoms with E-state index in [1.807, 2.05) is 0 Å². The van der Waals surface area contributed by atoms with Crippen molar-refractivity contribution in [2.75, 3.05) is 0 Å². The van der Waals surface area contributed by atoms with E-state index in [9.17, 15) is 18.0 Å². The maximum absolute atomic E-state index is 13.6. The summed E-state index contributed by atoms with van der Waals surface area (Å²) < 4.78 is 39.9. The summed E-state index contributed by atoms with van der Waals surface area (Å²) in [4.78, 5) is 10.6. The molecule has 0 amide bonds. The zero-order valence-electron chi connectivity index (χ0n) is 9.91. The van der Waals surface area contributed by atoms with Crippen LogP contribution in [0.1, 0.15) is 5.56 Å². The van der Waals surface area contributed by atoms with Gasteiger partial charge >= 0.3 is 11.9 Å². The average molecular weight is 301 g/mol. The van der Waals surface area contributed by atoms with Gasteiger partial charge in [-0.25, -0.2) is 9.18 Å². The van der Waals surface area contributed by atoms with Crippen LogP contribution in [0.4, 0.5) is 13.2 Å². The quantitative estimate of drug-likeness (QED) is 0.916. The highest BCUT2D eigenvalue weighted by Gasteiger charge is 2.42. The number of aliphatic carboxylic acids is 1. The van der Waals surface area contributed by atoms with E-state index in [2.05, 4.69) is 0 Å². The highest BCUT2D eigenvalue weighted by Crippen LogP contribution is 2.36. The second-order valence-corrected chi connectivity index (χ2v) is 4.49. The number of rotatable bonds is 3. The van der Waals surface area contributed by atoms with Gasteiger partial charge in [-0.3, -0.25) is 0 Å². The van der Waals surface area contributed by atoms with Crippen LogP contribution in [-0.2, 0) is 10.7 Å². The Hall–Kier alpha value is -2.01. The first-order valence-corrected chi connectivity index (χ1v) is 5.87. The number of halogens is 4. The van der Waals surface area contributed by atoms with Gasteiger partial charge in [0.1, 0.15) is 5.82 Å². The van der Waals surface area contributed by atoms with E-state index in [4.69, 9.17) is 16.7 Å². The normalized spacial score (nSPS) is 11.4. The molecule has 104 valence electrons. The molecule has 0 saturated carbocycles. The van der Waals surface area contributed by atoms with Gasteiger partial charge < -0.3 is 5.11 Å². The summed E-state index contributed by atoms with van der Waals surface area (Å²) in [5.41, 5.74) is 0.00400. The first-order chi connectivity index (χ1) is 9.32. The molecule has 20 heavy (non-hydrogen) atoms. The third kappa shape index (κ3) is 2.63. The maximum atomic E-state index is 13.6. The second-order valence-electron chi connectivity index (χ2n) is 4.08. The first-order valence-electron chi connectivity index (χ1n) is 5.49. The smallest absolute Gasteiger partial charge is 0.379 e. The molecule has 2 nitrogen and oxygen atoms in total. The van der Waals surface area contributed by atoms with E-state index in [1.165, 1.54) is 36.4 Å². The molecule has 0 saturated heterocycles. The van der Waals surface area contributed by atoms with Gasteiger partial charge in [-0.15, -0.1) is 0 Å². The molecule has 0 unspecified atom stereocenters. The lowest BCUT2D eigenvalue weighted by molar-refractivity contribution is -0.166. The van der Waals surface area contributed by atoms with E-state index in [1.54, 1.807) is 0 Å². The fourth-order valence-corrected chi connectivity index (χ4v) is 1.94. The molecule has 1 N–H and O–H groups in total. The van der Waals surface area contributed by atoms with Gasteiger partial charge in [0.15, 0.2) is 0 Å². The predicted octanol–water partition coefficient (Wildman–Crippen LogP) is 4.32. The zero-order chi connectivity index (χ0) is 14.9. The number of hydrogen-bond acceptors (Lipinski definition) is 1. The largest absolute Gasteiger partial charge is 0.477 e. The molecule has 0 aliphatic heterocycles. The van der Waals surface area contributed by atoms with Gasteiger partial charge in [0.25, 0.3) is 0 Å². The van der Waals surface area contributed by atoms with Gasteiger partial charge in [0, 0.05) is 0 Å². The molecule has 0 aliphatic carbocycles. The van der Waals surface area contributed by atoms with Crippen molar-refractivity contribution in [1.29, 1.82) is 0 Å². The SMILES string of the molecule is O=C(O)C(F)(F)c1cc(-c2ccc(F)cc2)ccc1Cl. The van der Waals surface area contributed by atoms with Gasteiger partial charge in [-0.2, -0.15) is 8.78 Å². The molecule has 0 bridgehead atoms. The van der Waals surface area contributed by atoms with Gasteiger partial charge in [0.05, 0.1) is 10.6 Å². The van der Waals surface area contributed by atoms with Crippen molar-refractivity contribution >= 4 is 17.6 Å². The van der Waals surface area contributed by atoms with Crippen molar-refractivity contribution in [3.8, 4) is 11.1 Å². The molecular formula is C14H8ClF3O2. The number of carboxylic acid groups (broad SMARTS) is 1. The highest BCUT2D eigenvalue weighted by molar-refractivity contribution is 6.31. The van der Waals surface area contributed by atoms with Crippen LogP contribution in [-0.4, -0.2) is 11.1 Å². The summed E-state index contributed by atoms with van der Waals surface area (Å²) in [5, 5.41) is 8.21. The lowest BCUT2D eigenvalue weighted by atomic mass is 10.00. The monoisotopic (exact) mass is 300 g/mol. The van der Waals surface area contributed by atoms with E-state index in [0.29, 0.717) is 11.1 Å². The summed E-state index contributed by atoms with van der Waals surface area (Å²) in [7, 11) is 0. The Morgan fingerprint density at radius 3 is 2.15 bits per heavy atom. The van der Waals surface area contributed by atoms with Crippen LogP contribution in [0.15, 0.2) is 42.5 Å². The topological polar surface area (TPSA) is 37.3 Å². The molecule has 0 heterocycles.